The predicted octanol–water partition coefficient (Wildman–Crippen LogP) is 2.43. The van der Waals surface area contributed by atoms with Gasteiger partial charge in [-0.1, -0.05) is 11.6 Å². The topological polar surface area (TPSA) is 76.7 Å². The second-order valence-electron chi connectivity index (χ2n) is 4.32. The lowest BCUT2D eigenvalue weighted by atomic mass is 10.3. The number of H-pyrrole nitrogens is 1. The number of anilines is 1. The van der Waals surface area contributed by atoms with Crippen molar-refractivity contribution in [1.29, 1.82) is 0 Å². The first-order valence-corrected chi connectivity index (χ1v) is 6.85. The molecular formula is C11H10ClFN4OS. The molecule has 0 radical (unpaired) electrons. The smallest absolute Gasteiger partial charge is 0.344 e. The van der Waals surface area contributed by atoms with Gasteiger partial charge in [-0.05, 0) is 36.7 Å². The van der Waals surface area contributed by atoms with Gasteiger partial charge < -0.3 is 5.73 Å². The van der Waals surface area contributed by atoms with Crippen LogP contribution < -0.4 is 11.4 Å². The summed E-state index contributed by atoms with van der Waals surface area (Å²) in [4.78, 5) is 12.2. The molecule has 0 saturated heterocycles. The molecular weight excluding hydrogens is 291 g/mol. The van der Waals surface area contributed by atoms with Gasteiger partial charge in [0.05, 0.1) is 5.02 Å². The normalized spacial score (nSPS) is 14.8. The summed E-state index contributed by atoms with van der Waals surface area (Å²) in [5.41, 5.74) is 5.77. The first kappa shape index (κ1) is 12.6. The number of nitrogens with zero attached hydrogens (tertiary/aromatic N) is 2. The highest BCUT2D eigenvalue weighted by Gasteiger charge is 2.29. The summed E-state index contributed by atoms with van der Waals surface area (Å²) >= 11 is 6.93. The van der Waals surface area contributed by atoms with Crippen LogP contribution in [0.25, 0.3) is 0 Å². The Morgan fingerprint density at radius 2 is 2.26 bits per heavy atom. The average molecular weight is 301 g/mol. The second kappa shape index (κ2) is 4.57. The van der Waals surface area contributed by atoms with Crippen LogP contribution in [0, 0.1) is 5.82 Å². The van der Waals surface area contributed by atoms with E-state index in [-0.39, 0.29) is 22.4 Å². The lowest BCUT2D eigenvalue weighted by molar-refractivity contribution is 0.627. The Morgan fingerprint density at radius 3 is 2.95 bits per heavy atom. The van der Waals surface area contributed by atoms with Crippen LogP contribution in [-0.4, -0.2) is 14.8 Å². The third-order valence-corrected chi connectivity index (χ3v) is 4.17. The zero-order valence-electron chi connectivity index (χ0n) is 9.69. The number of halogens is 2. The number of nitrogens with one attached hydrogen (secondary N) is 1. The molecule has 100 valence electrons. The van der Waals surface area contributed by atoms with Crippen molar-refractivity contribution in [2.45, 2.75) is 28.9 Å². The fourth-order valence-electron chi connectivity index (χ4n) is 1.75. The predicted molar refractivity (Wildman–Crippen MR) is 71.1 cm³/mol. The van der Waals surface area contributed by atoms with Crippen LogP contribution in [0.5, 0.6) is 0 Å². The lowest BCUT2D eigenvalue weighted by Crippen LogP contribution is -2.16. The van der Waals surface area contributed by atoms with Crippen LogP contribution in [0.3, 0.4) is 0 Å². The van der Waals surface area contributed by atoms with E-state index < -0.39 is 5.82 Å². The minimum absolute atomic E-state index is 0.00689. The third kappa shape index (κ3) is 2.35. The summed E-state index contributed by atoms with van der Waals surface area (Å²) in [6.45, 7) is 0. The molecule has 5 nitrogen and oxygen atoms in total. The number of rotatable bonds is 3. The number of hydrogen-bond donors (Lipinski definition) is 2. The lowest BCUT2D eigenvalue weighted by Gasteiger charge is -2.07. The molecule has 8 heteroatoms. The van der Waals surface area contributed by atoms with E-state index in [0.29, 0.717) is 10.1 Å². The van der Waals surface area contributed by atoms with Crippen LogP contribution >= 0.6 is 23.4 Å². The van der Waals surface area contributed by atoms with Crippen molar-refractivity contribution in [2.24, 2.45) is 0 Å². The van der Waals surface area contributed by atoms with Crippen LogP contribution in [0.1, 0.15) is 18.9 Å². The number of aromatic nitrogens is 3. The van der Waals surface area contributed by atoms with E-state index in [0.717, 1.165) is 18.9 Å². The van der Waals surface area contributed by atoms with Crippen molar-refractivity contribution in [3.63, 3.8) is 0 Å². The van der Waals surface area contributed by atoms with Gasteiger partial charge in [0.15, 0.2) is 5.16 Å². The third-order valence-electron chi connectivity index (χ3n) is 2.84. The van der Waals surface area contributed by atoms with Crippen molar-refractivity contribution >= 4 is 29.1 Å². The number of hydrogen-bond acceptors (Lipinski definition) is 4. The highest BCUT2D eigenvalue weighted by molar-refractivity contribution is 7.99. The van der Waals surface area contributed by atoms with Gasteiger partial charge >= 0.3 is 5.69 Å². The fraction of sp³-hybridized carbons (Fsp3) is 0.273. The van der Waals surface area contributed by atoms with Crippen molar-refractivity contribution in [3.05, 3.63) is 33.5 Å². The molecule has 0 atom stereocenters. The SMILES string of the molecule is Nc1cc(F)c(Cl)cc1Sc1n[nH]c(=O)n1C1CC1. The highest BCUT2D eigenvalue weighted by Crippen LogP contribution is 2.39. The maximum Gasteiger partial charge on any atom is 0.344 e. The number of aromatic amines is 1. The molecule has 0 unspecified atom stereocenters. The van der Waals surface area contributed by atoms with E-state index >= 15 is 0 Å². The van der Waals surface area contributed by atoms with Crippen LogP contribution in [0.15, 0.2) is 27.0 Å². The molecule has 19 heavy (non-hydrogen) atoms. The van der Waals surface area contributed by atoms with Gasteiger partial charge in [-0.3, -0.25) is 4.57 Å². The van der Waals surface area contributed by atoms with E-state index in [2.05, 4.69) is 10.2 Å². The summed E-state index contributed by atoms with van der Waals surface area (Å²) in [7, 11) is 0. The summed E-state index contributed by atoms with van der Waals surface area (Å²) in [6, 6.07) is 2.80. The monoisotopic (exact) mass is 300 g/mol. The van der Waals surface area contributed by atoms with Gasteiger partial charge in [-0.15, -0.1) is 5.10 Å². The maximum absolute atomic E-state index is 13.2. The first-order valence-electron chi connectivity index (χ1n) is 5.65. The molecule has 1 heterocycles. The number of nitrogens with two attached hydrogens (primary N) is 1. The molecule has 1 aromatic heterocycles. The molecule has 0 aliphatic heterocycles. The average Bonchev–Trinajstić information content (AvgIpc) is 3.12. The van der Waals surface area contributed by atoms with Crippen molar-refractivity contribution in [2.75, 3.05) is 5.73 Å². The maximum atomic E-state index is 13.2. The Bertz CT molecular complexity index is 694. The first-order chi connectivity index (χ1) is 9.06. The molecule has 1 aromatic carbocycles. The molecule has 1 saturated carbocycles. The highest BCUT2D eigenvalue weighted by atomic mass is 35.5. The Morgan fingerprint density at radius 1 is 1.53 bits per heavy atom. The minimum Gasteiger partial charge on any atom is -0.398 e. The summed E-state index contributed by atoms with van der Waals surface area (Å²) in [5.74, 6) is -0.565. The van der Waals surface area contributed by atoms with Gasteiger partial charge in [0.2, 0.25) is 0 Å². The van der Waals surface area contributed by atoms with Crippen LogP contribution in [0.2, 0.25) is 5.02 Å². The summed E-state index contributed by atoms with van der Waals surface area (Å²) in [5, 5.41) is 6.88. The molecule has 2 aromatic rings. The van der Waals surface area contributed by atoms with Crippen molar-refractivity contribution in [3.8, 4) is 0 Å². The van der Waals surface area contributed by atoms with E-state index in [1.165, 1.54) is 17.8 Å². The number of nitrogen functional groups attached to an aromatic ring is 1. The van der Waals surface area contributed by atoms with Crippen LogP contribution in [0.4, 0.5) is 10.1 Å². The van der Waals surface area contributed by atoms with E-state index in [9.17, 15) is 9.18 Å². The summed E-state index contributed by atoms with van der Waals surface area (Å²) < 4.78 is 14.8. The second-order valence-corrected chi connectivity index (χ2v) is 5.74. The number of benzene rings is 1. The molecule has 3 rings (SSSR count). The minimum atomic E-state index is -0.565. The Balaban J connectivity index is 1.98. The standard InChI is InChI=1S/C11H10ClFN4OS/c12-6-3-9(8(14)4-7(6)13)19-11-16-15-10(18)17(11)5-1-2-5/h3-5H,1-2,14H2,(H,15,18). The molecule has 3 N–H and O–H groups in total. The molecule has 0 spiro atoms. The fourth-order valence-corrected chi connectivity index (χ4v) is 2.95. The zero-order chi connectivity index (χ0) is 13.6. The van der Waals surface area contributed by atoms with Gasteiger partial charge in [0.25, 0.3) is 0 Å². The van der Waals surface area contributed by atoms with Gasteiger partial charge in [-0.2, -0.15) is 0 Å². The van der Waals surface area contributed by atoms with Gasteiger partial charge in [0.1, 0.15) is 5.82 Å². The van der Waals surface area contributed by atoms with Crippen molar-refractivity contribution in [1.82, 2.24) is 14.8 Å². The Hall–Kier alpha value is -1.47. The van der Waals surface area contributed by atoms with Crippen LogP contribution in [-0.2, 0) is 0 Å². The van der Waals surface area contributed by atoms with Gasteiger partial charge in [-0.25, -0.2) is 14.3 Å². The molecule has 1 fully saturated rings. The van der Waals surface area contributed by atoms with Crippen molar-refractivity contribution < 1.29 is 4.39 Å². The molecule has 1 aliphatic rings. The Kier molecular flexibility index (Phi) is 3.02. The molecule has 0 amide bonds. The van der Waals surface area contributed by atoms with E-state index in [1.807, 2.05) is 0 Å². The van der Waals surface area contributed by atoms with Gasteiger partial charge in [0, 0.05) is 16.6 Å². The summed E-state index contributed by atoms with van der Waals surface area (Å²) in [6.07, 6.45) is 1.93. The zero-order valence-corrected chi connectivity index (χ0v) is 11.3. The quantitative estimate of drug-likeness (QED) is 0.854. The van der Waals surface area contributed by atoms with E-state index in [4.69, 9.17) is 17.3 Å². The molecule has 0 bridgehead atoms. The Labute approximate surface area is 116 Å². The molecule has 1 aliphatic carbocycles. The van der Waals surface area contributed by atoms with E-state index in [1.54, 1.807) is 4.57 Å². The largest absolute Gasteiger partial charge is 0.398 e.